The van der Waals surface area contributed by atoms with E-state index < -0.39 is 37.3 Å². The molecule has 0 unspecified atom stereocenters. The Balaban J connectivity index is 0.796. The Labute approximate surface area is 458 Å². The van der Waals surface area contributed by atoms with Gasteiger partial charge in [-0.15, -0.1) is 0 Å². The summed E-state index contributed by atoms with van der Waals surface area (Å²) in [7, 11) is -1.70. The fourth-order valence-corrected chi connectivity index (χ4v) is 13.0. The first-order chi connectivity index (χ1) is 38.2. The van der Waals surface area contributed by atoms with Crippen molar-refractivity contribution in [2.45, 2.75) is 81.1 Å². The largest absolute Gasteiger partial charge is 0.497 e. The summed E-state index contributed by atoms with van der Waals surface area (Å²) in [5, 5.41) is 15.4. The number of piperidine rings is 1. The van der Waals surface area contributed by atoms with Gasteiger partial charge in [-0.25, -0.2) is 22.5 Å². The predicted molar refractivity (Wildman–Crippen MR) is 294 cm³/mol. The number of morpholine rings is 1. The predicted octanol–water partition coefficient (Wildman–Crippen LogP) is 7.88. The van der Waals surface area contributed by atoms with Gasteiger partial charge < -0.3 is 38.9 Å². The van der Waals surface area contributed by atoms with Crippen molar-refractivity contribution in [3.63, 3.8) is 0 Å². The van der Waals surface area contributed by atoms with E-state index in [1.54, 1.807) is 19.2 Å². The lowest BCUT2D eigenvalue weighted by molar-refractivity contribution is -0.384. The van der Waals surface area contributed by atoms with Crippen molar-refractivity contribution >= 4 is 44.2 Å². The monoisotopic (exact) mass is 1100 g/mol. The Hall–Kier alpha value is -6.95. The third-order valence-electron chi connectivity index (χ3n) is 16.6. The molecule has 1 amide bonds. The number of amides is 1. The van der Waals surface area contributed by atoms with E-state index in [1.165, 1.54) is 35.9 Å². The normalized spacial score (nSPS) is 20.5. The van der Waals surface area contributed by atoms with Crippen molar-refractivity contribution in [2.75, 3.05) is 96.6 Å². The van der Waals surface area contributed by atoms with Gasteiger partial charge in [-0.2, -0.15) is 4.98 Å². The molecule has 5 aliphatic rings. The van der Waals surface area contributed by atoms with E-state index in [-0.39, 0.29) is 63.9 Å². The lowest BCUT2D eigenvalue weighted by Gasteiger charge is -2.58. The van der Waals surface area contributed by atoms with Crippen LogP contribution in [0.15, 0.2) is 96.2 Å². The van der Waals surface area contributed by atoms with Crippen molar-refractivity contribution in [3.8, 4) is 23.1 Å². The molecule has 4 aliphatic heterocycles. The van der Waals surface area contributed by atoms with E-state index in [4.69, 9.17) is 23.7 Å². The molecular formula is C57H67FN10O10S. The molecule has 4 saturated heterocycles. The maximum atomic E-state index is 15.0. The highest BCUT2D eigenvalue weighted by molar-refractivity contribution is 7.90. The van der Waals surface area contributed by atoms with Crippen LogP contribution in [0.25, 0.3) is 11.0 Å². The third-order valence-corrected chi connectivity index (χ3v) is 17.9. The number of rotatable bonds is 18. The number of pyridine rings is 2. The fourth-order valence-electron chi connectivity index (χ4n) is 12.1. The molecular weight excluding hydrogens is 1040 g/mol. The van der Waals surface area contributed by atoms with Gasteiger partial charge in [0.1, 0.15) is 27.9 Å². The number of carbonyl (C=O) groups excluding carboxylic acids is 1. The molecule has 79 heavy (non-hydrogen) atoms. The zero-order chi connectivity index (χ0) is 55.0. The van der Waals surface area contributed by atoms with E-state index in [0.29, 0.717) is 44.4 Å². The van der Waals surface area contributed by atoms with Gasteiger partial charge in [0.2, 0.25) is 5.82 Å². The zero-order valence-electron chi connectivity index (χ0n) is 44.9. The van der Waals surface area contributed by atoms with Crippen molar-refractivity contribution in [2.24, 2.45) is 5.41 Å². The molecule has 1 saturated carbocycles. The minimum atomic E-state index is -4.76. The summed E-state index contributed by atoms with van der Waals surface area (Å²) < 4.78 is 73.5. The van der Waals surface area contributed by atoms with Gasteiger partial charge in [-0.3, -0.25) is 29.6 Å². The van der Waals surface area contributed by atoms with Gasteiger partial charge in [-0.05, 0) is 78.0 Å². The molecule has 22 heteroatoms. The summed E-state index contributed by atoms with van der Waals surface area (Å²) >= 11 is 0. The number of fused-ring (bicyclic) bond motifs is 1. The quantitative estimate of drug-likeness (QED) is 0.0551. The summed E-state index contributed by atoms with van der Waals surface area (Å²) in [6.45, 7) is 13.0. The number of aromatic amines is 1. The second-order valence-electron chi connectivity index (χ2n) is 21.8. The summed E-state index contributed by atoms with van der Waals surface area (Å²) in [4.78, 5) is 46.3. The first kappa shape index (κ1) is 54.0. The number of carbonyl (C=O) groups is 1. The number of H-pyrrole nitrogens is 1. The van der Waals surface area contributed by atoms with Gasteiger partial charge >= 0.3 is 5.69 Å². The number of piperazine rings is 1. The van der Waals surface area contributed by atoms with E-state index in [9.17, 15) is 27.7 Å². The molecule has 5 fully saturated rings. The summed E-state index contributed by atoms with van der Waals surface area (Å²) in [6, 6.07) is 25.4. The van der Waals surface area contributed by atoms with E-state index in [1.807, 2.05) is 12.1 Å². The van der Waals surface area contributed by atoms with Crippen LogP contribution in [0.5, 0.6) is 23.1 Å². The van der Waals surface area contributed by atoms with Crippen molar-refractivity contribution in [1.82, 2.24) is 34.4 Å². The lowest BCUT2D eigenvalue weighted by atomic mass is 9.59. The van der Waals surface area contributed by atoms with E-state index in [2.05, 4.69) is 94.8 Å². The molecule has 2 atom stereocenters. The number of nitro groups is 1. The molecule has 7 heterocycles. The number of halogens is 1. The fraction of sp³-hybridized carbons (Fsp3) is 0.456. The second kappa shape index (κ2) is 22.7. The molecule has 1 spiro atoms. The summed E-state index contributed by atoms with van der Waals surface area (Å²) in [5.74, 6) is -0.679. The average Bonchev–Trinajstić information content (AvgIpc) is 3.89. The van der Waals surface area contributed by atoms with Crippen LogP contribution in [0, 0.1) is 21.3 Å². The number of nitrogens with zero attached hydrogens (tertiary/aromatic N) is 7. The van der Waals surface area contributed by atoms with Crippen LogP contribution in [-0.4, -0.2) is 153 Å². The van der Waals surface area contributed by atoms with Crippen LogP contribution in [0.3, 0.4) is 0 Å². The zero-order valence-corrected chi connectivity index (χ0v) is 45.7. The molecule has 418 valence electrons. The van der Waals surface area contributed by atoms with Crippen LogP contribution in [0.4, 0.5) is 21.6 Å². The number of benzene rings is 3. The van der Waals surface area contributed by atoms with Crippen molar-refractivity contribution < 1.29 is 46.2 Å². The molecule has 0 bridgehead atoms. The van der Waals surface area contributed by atoms with E-state index >= 15 is 0 Å². The van der Waals surface area contributed by atoms with Crippen LogP contribution in [0.1, 0.15) is 78.5 Å². The van der Waals surface area contributed by atoms with Crippen molar-refractivity contribution in [1.29, 1.82) is 0 Å². The molecule has 20 nitrogen and oxygen atoms in total. The number of anilines is 2. The van der Waals surface area contributed by atoms with Gasteiger partial charge in [0.25, 0.3) is 21.8 Å². The lowest BCUT2D eigenvalue weighted by Crippen LogP contribution is -2.60. The first-order valence-electron chi connectivity index (χ1n) is 27.0. The molecule has 3 aromatic carbocycles. The Morgan fingerprint density at radius 2 is 1.73 bits per heavy atom. The van der Waals surface area contributed by atoms with Gasteiger partial charge in [0.15, 0.2) is 5.75 Å². The number of hydrogen-bond acceptors (Lipinski definition) is 17. The van der Waals surface area contributed by atoms with Crippen LogP contribution >= 0.6 is 0 Å². The Bertz CT molecular complexity index is 3310. The Kier molecular flexibility index (Phi) is 15.5. The number of methoxy groups -OCH3 is 2. The maximum Gasteiger partial charge on any atom is 0.312 e. The molecule has 11 rings (SSSR count). The number of sulfonamides is 1. The number of nitrogens with one attached hydrogen (secondary N) is 3. The summed E-state index contributed by atoms with van der Waals surface area (Å²) in [5.41, 5.74) is 4.37. The molecule has 3 aromatic heterocycles. The third kappa shape index (κ3) is 11.4. The smallest absolute Gasteiger partial charge is 0.312 e. The van der Waals surface area contributed by atoms with Gasteiger partial charge in [0, 0.05) is 101 Å². The van der Waals surface area contributed by atoms with Gasteiger partial charge in [0.05, 0.1) is 68.3 Å². The van der Waals surface area contributed by atoms with E-state index in [0.717, 1.165) is 101 Å². The highest BCUT2D eigenvalue weighted by Crippen LogP contribution is 2.53. The van der Waals surface area contributed by atoms with Crippen LogP contribution < -0.4 is 29.1 Å². The SMILES string of the molecule is COc1ccc(CN2CCN(C3CC4(CCN(c5ccc(C(=O)NS(=O)(=O)c6cnc(NC[C@@H]7CN(C8COC8)CCO7)c([N+](=O)[O-])c6)c(Oc6cc7c(F)c[nH]c7nc6OC)c5)CC4)C3)[C@H](c3ccccc3C(C)C)C2)cc1. The number of hydrogen-bond donors (Lipinski definition) is 3. The van der Waals surface area contributed by atoms with Gasteiger partial charge in [-0.1, -0.05) is 50.2 Å². The topological polar surface area (TPSA) is 219 Å². The van der Waals surface area contributed by atoms with Crippen molar-refractivity contribution in [3.05, 3.63) is 129 Å². The highest BCUT2D eigenvalue weighted by Gasteiger charge is 2.50. The number of ether oxygens (including phenoxy) is 5. The molecule has 1 aliphatic carbocycles. The van der Waals surface area contributed by atoms with Crippen LogP contribution in [0.2, 0.25) is 0 Å². The highest BCUT2D eigenvalue weighted by atomic mass is 32.2. The van der Waals surface area contributed by atoms with Crippen LogP contribution in [-0.2, 0) is 26.0 Å². The second-order valence-corrected chi connectivity index (χ2v) is 23.5. The minimum absolute atomic E-state index is 0.0146. The minimum Gasteiger partial charge on any atom is -0.497 e. The summed E-state index contributed by atoms with van der Waals surface area (Å²) in [6.07, 6.45) is 5.88. The Morgan fingerprint density at radius 3 is 2.46 bits per heavy atom. The molecule has 3 N–H and O–H groups in total. The number of aromatic nitrogens is 3. The first-order valence-corrected chi connectivity index (χ1v) is 28.5. The Morgan fingerprint density at radius 1 is 0.949 bits per heavy atom. The maximum absolute atomic E-state index is 15.0. The average molecular weight is 1100 g/mol. The molecule has 6 aromatic rings. The standard InChI is InChI=1S/C57H67FN10O10S/c1-36(2)44-7-5-6-8-45(44)50-33-64(31-37-9-12-41(74-3)13-10-37)19-20-67(50)39-26-57(27-39)15-17-65(18-16-57)38-11-14-46(51(23-38)78-52-25-47-48(58)30-61-53(47)62-56(52)75-4)55(69)63-79(72,73)43-24-49(68(70)71)54(60-29-43)59-28-42-32-66(21-22-77-42)40-34-76-35-40/h5-14,23-25,29-30,36,39-40,42,50H,15-22,26-28,31-35H2,1-4H3,(H,59,60)(H,61,62)(H,63,69)/t42-,50+/m1/s1. The molecule has 0 radical (unpaired) electrons.